The van der Waals surface area contributed by atoms with Gasteiger partial charge in [0, 0.05) is 11.1 Å². The number of amides is 1. The molecule has 0 saturated heterocycles. The number of benzene rings is 2. The Morgan fingerprint density at radius 1 is 1.19 bits per heavy atom. The van der Waals surface area contributed by atoms with Gasteiger partial charge in [0.15, 0.2) is 0 Å². The van der Waals surface area contributed by atoms with E-state index in [1.165, 1.54) is 11.3 Å². The molecule has 0 saturated carbocycles. The van der Waals surface area contributed by atoms with Crippen LogP contribution in [0.3, 0.4) is 0 Å². The molecule has 3 rings (SSSR count). The van der Waals surface area contributed by atoms with Crippen molar-refractivity contribution >= 4 is 22.9 Å². The van der Waals surface area contributed by atoms with Crippen LogP contribution in [0.4, 0.5) is 5.69 Å². The summed E-state index contributed by atoms with van der Waals surface area (Å²) < 4.78 is 5.75. The standard InChI is InChI=1S/C21H23N3O2S/c1-2-6-18(22)21-24-19(14-27-21)20(25)23-16-9-11-17(12-10-16)26-13-15-7-4-3-5-8-15/h3-5,7-12,14,18H,2,6,13,22H2,1H3,(H,23,25). The Bertz CT molecular complexity index is 863. The molecule has 0 fully saturated rings. The highest BCUT2D eigenvalue weighted by atomic mass is 32.1. The molecule has 1 heterocycles. The fourth-order valence-electron chi connectivity index (χ4n) is 2.57. The minimum Gasteiger partial charge on any atom is -0.489 e. The summed E-state index contributed by atoms with van der Waals surface area (Å²) in [5, 5.41) is 5.40. The lowest BCUT2D eigenvalue weighted by Gasteiger charge is -2.08. The molecule has 1 atom stereocenters. The van der Waals surface area contributed by atoms with Crippen LogP contribution >= 0.6 is 11.3 Å². The van der Waals surface area contributed by atoms with Gasteiger partial charge in [0.1, 0.15) is 23.1 Å². The number of nitrogens with one attached hydrogen (secondary N) is 1. The summed E-state index contributed by atoms with van der Waals surface area (Å²) in [5.74, 6) is 0.512. The van der Waals surface area contributed by atoms with E-state index in [-0.39, 0.29) is 11.9 Å². The van der Waals surface area contributed by atoms with Gasteiger partial charge in [-0.05, 0) is 36.2 Å². The minimum atomic E-state index is -0.237. The molecule has 1 aromatic heterocycles. The highest BCUT2D eigenvalue weighted by molar-refractivity contribution is 7.09. The third kappa shape index (κ3) is 5.39. The normalized spacial score (nSPS) is 11.8. The number of anilines is 1. The Morgan fingerprint density at radius 2 is 1.93 bits per heavy atom. The van der Waals surface area contributed by atoms with Gasteiger partial charge in [-0.25, -0.2) is 4.98 Å². The van der Waals surface area contributed by atoms with Crippen molar-refractivity contribution < 1.29 is 9.53 Å². The third-order valence-electron chi connectivity index (χ3n) is 4.03. The topological polar surface area (TPSA) is 77.2 Å². The van der Waals surface area contributed by atoms with E-state index in [0.717, 1.165) is 29.2 Å². The summed E-state index contributed by atoms with van der Waals surface area (Å²) >= 11 is 1.43. The van der Waals surface area contributed by atoms with Crippen LogP contribution in [0, 0.1) is 0 Å². The Kier molecular flexibility index (Phi) is 6.57. The first-order valence-electron chi connectivity index (χ1n) is 8.95. The van der Waals surface area contributed by atoms with Gasteiger partial charge >= 0.3 is 0 Å². The van der Waals surface area contributed by atoms with E-state index in [2.05, 4.69) is 17.2 Å². The van der Waals surface area contributed by atoms with Crippen LogP contribution in [-0.4, -0.2) is 10.9 Å². The number of rotatable bonds is 8. The fraction of sp³-hybridized carbons (Fsp3) is 0.238. The molecule has 1 unspecified atom stereocenters. The molecule has 3 aromatic rings. The SMILES string of the molecule is CCCC(N)c1nc(C(=O)Nc2ccc(OCc3ccccc3)cc2)cs1. The number of hydrogen-bond donors (Lipinski definition) is 2. The lowest BCUT2D eigenvalue weighted by atomic mass is 10.2. The summed E-state index contributed by atoms with van der Waals surface area (Å²) in [7, 11) is 0. The lowest BCUT2D eigenvalue weighted by molar-refractivity contribution is 0.102. The monoisotopic (exact) mass is 381 g/mol. The van der Waals surface area contributed by atoms with E-state index >= 15 is 0 Å². The lowest BCUT2D eigenvalue weighted by Crippen LogP contribution is -2.14. The van der Waals surface area contributed by atoms with Gasteiger partial charge < -0.3 is 15.8 Å². The Morgan fingerprint density at radius 3 is 2.63 bits per heavy atom. The van der Waals surface area contributed by atoms with Gasteiger partial charge in [0.05, 0.1) is 6.04 Å². The van der Waals surface area contributed by atoms with Crippen molar-refractivity contribution in [1.82, 2.24) is 4.98 Å². The predicted octanol–water partition coefficient (Wildman–Crippen LogP) is 4.77. The van der Waals surface area contributed by atoms with Crippen LogP contribution in [0.1, 0.15) is 46.9 Å². The van der Waals surface area contributed by atoms with Crippen molar-refractivity contribution in [3.05, 3.63) is 76.2 Å². The molecule has 0 bridgehead atoms. The van der Waals surface area contributed by atoms with Crippen LogP contribution < -0.4 is 15.8 Å². The Labute approximate surface area is 163 Å². The largest absolute Gasteiger partial charge is 0.489 e. The van der Waals surface area contributed by atoms with Crippen molar-refractivity contribution in [3.63, 3.8) is 0 Å². The molecule has 0 spiro atoms. The van der Waals surface area contributed by atoms with E-state index in [0.29, 0.717) is 18.0 Å². The molecule has 5 nitrogen and oxygen atoms in total. The highest BCUT2D eigenvalue weighted by Crippen LogP contribution is 2.22. The number of hydrogen-bond acceptors (Lipinski definition) is 5. The van der Waals surface area contributed by atoms with Gasteiger partial charge in [-0.2, -0.15) is 0 Å². The van der Waals surface area contributed by atoms with Crippen LogP contribution in [0.2, 0.25) is 0 Å². The molecular weight excluding hydrogens is 358 g/mol. The molecule has 27 heavy (non-hydrogen) atoms. The van der Waals surface area contributed by atoms with Gasteiger partial charge in [0.25, 0.3) is 5.91 Å². The zero-order valence-corrected chi connectivity index (χ0v) is 16.0. The van der Waals surface area contributed by atoms with Crippen LogP contribution in [0.15, 0.2) is 60.0 Å². The minimum absolute atomic E-state index is 0.109. The first-order chi connectivity index (χ1) is 13.2. The number of aromatic nitrogens is 1. The quantitative estimate of drug-likeness (QED) is 0.589. The summed E-state index contributed by atoms with van der Waals surface area (Å²) in [4.78, 5) is 16.7. The highest BCUT2D eigenvalue weighted by Gasteiger charge is 2.15. The molecule has 6 heteroatoms. The van der Waals surface area contributed by atoms with Gasteiger partial charge in [-0.1, -0.05) is 43.7 Å². The molecule has 1 amide bonds. The van der Waals surface area contributed by atoms with E-state index in [1.54, 1.807) is 5.38 Å². The first-order valence-corrected chi connectivity index (χ1v) is 9.83. The summed E-state index contributed by atoms with van der Waals surface area (Å²) in [5.41, 5.74) is 8.26. The number of ether oxygens (including phenoxy) is 1. The molecular formula is C21H23N3O2S. The zero-order chi connectivity index (χ0) is 19.1. The second-order valence-corrected chi connectivity index (χ2v) is 7.11. The number of carbonyl (C=O) groups is 1. The Balaban J connectivity index is 1.55. The molecule has 2 aromatic carbocycles. The predicted molar refractivity (Wildman–Crippen MR) is 109 cm³/mol. The van der Waals surface area contributed by atoms with Crippen LogP contribution in [0.5, 0.6) is 5.75 Å². The van der Waals surface area contributed by atoms with E-state index in [1.807, 2.05) is 54.6 Å². The second-order valence-electron chi connectivity index (χ2n) is 6.22. The fourth-order valence-corrected chi connectivity index (χ4v) is 3.40. The maximum absolute atomic E-state index is 12.4. The van der Waals surface area contributed by atoms with Gasteiger partial charge in [0.2, 0.25) is 0 Å². The number of carbonyl (C=O) groups excluding carboxylic acids is 1. The number of thiazole rings is 1. The molecule has 0 radical (unpaired) electrons. The second kappa shape index (κ2) is 9.30. The maximum atomic E-state index is 12.4. The molecule has 0 aliphatic rings. The third-order valence-corrected chi connectivity index (χ3v) is 5.01. The average Bonchev–Trinajstić information content (AvgIpc) is 3.19. The summed E-state index contributed by atoms with van der Waals surface area (Å²) in [6, 6.07) is 17.2. The summed E-state index contributed by atoms with van der Waals surface area (Å²) in [6.07, 6.45) is 1.85. The smallest absolute Gasteiger partial charge is 0.275 e. The van der Waals surface area contributed by atoms with Crippen LogP contribution in [0.25, 0.3) is 0 Å². The van der Waals surface area contributed by atoms with E-state index in [9.17, 15) is 4.79 Å². The summed E-state index contributed by atoms with van der Waals surface area (Å²) in [6.45, 7) is 2.58. The van der Waals surface area contributed by atoms with Crippen molar-refractivity contribution in [1.29, 1.82) is 0 Å². The average molecular weight is 382 g/mol. The molecule has 140 valence electrons. The van der Waals surface area contributed by atoms with Crippen molar-refractivity contribution in [2.75, 3.05) is 5.32 Å². The van der Waals surface area contributed by atoms with Crippen molar-refractivity contribution in [2.45, 2.75) is 32.4 Å². The van der Waals surface area contributed by atoms with E-state index in [4.69, 9.17) is 10.5 Å². The number of nitrogens with two attached hydrogens (primary N) is 1. The van der Waals surface area contributed by atoms with Crippen molar-refractivity contribution in [2.24, 2.45) is 5.73 Å². The van der Waals surface area contributed by atoms with Gasteiger partial charge in [-0.15, -0.1) is 11.3 Å². The van der Waals surface area contributed by atoms with Crippen LogP contribution in [-0.2, 0) is 6.61 Å². The molecule has 0 aliphatic carbocycles. The molecule has 0 aliphatic heterocycles. The number of nitrogens with zero attached hydrogens (tertiary/aromatic N) is 1. The van der Waals surface area contributed by atoms with Crippen molar-refractivity contribution in [3.8, 4) is 5.75 Å². The first kappa shape index (κ1) is 19.1. The van der Waals surface area contributed by atoms with E-state index < -0.39 is 0 Å². The van der Waals surface area contributed by atoms with Gasteiger partial charge in [-0.3, -0.25) is 4.79 Å². The zero-order valence-electron chi connectivity index (χ0n) is 15.2. The Hall–Kier alpha value is -2.70. The molecule has 3 N–H and O–H groups in total. The maximum Gasteiger partial charge on any atom is 0.275 e.